The van der Waals surface area contributed by atoms with E-state index in [1.54, 1.807) is 0 Å². The van der Waals surface area contributed by atoms with Crippen LogP contribution in [0, 0.1) is 17.8 Å². The Morgan fingerprint density at radius 1 is 1.04 bits per heavy atom. The van der Waals surface area contributed by atoms with Crippen molar-refractivity contribution >= 4 is 11.9 Å². The highest BCUT2D eigenvalue weighted by Crippen LogP contribution is 2.43. The number of hydrogen-bond acceptors (Lipinski definition) is 5. The second-order valence-corrected chi connectivity index (χ2v) is 7.59. The molecule has 1 aliphatic heterocycles. The topological polar surface area (TPSA) is 94.0 Å². The van der Waals surface area contributed by atoms with Gasteiger partial charge in [0.2, 0.25) is 0 Å². The van der Waals surface area contributed by atoms with Crippen LogP contribution in [0.1, 0.15) is 18.4 Å². The van der Waals surface area contributed by atoms with E-state index in [0.717, 1.165) is 24.3 Å². The maximum Gasteiger partial charge on any atom is 0.414 e. The highest BCUT2D eigenvalue weighted by Gasteiger charge is 2.36. The summed E-state index contributed by atoms with van der Waals surface area (Å²) in [6.07, 6.45) is 11.7. The van der Waals surface area contributed by atoms with E-state index in [1.807, 2.05) is 18.5 Å². The lowest BCUT2D eigenvalue weighted by atomic mass is 9.93. The Balaban J connectivity index is 0.000000307. The van der Waals surface area contributed by atoms with E-state index in [4.69, 9.17) is 19.8 Å². The number of aromatic nitrogens is 1. The molecule has 3 atom stereocenters. The van der Waals surface area contributed by atoms with Crippen molar-refractivity contribution in [2.75, 3.05) is 32.7 Å². The molecule has 1 saturated carbocycles. The molecule has 27 heavy (non-hydrogen) atoms. The number of carbonyl (C=O) groups is 2. The SMILES string of the molecule is C1=CC2CC1CC2CN1CCN(Cc2cccnc2)CC1.O=C(O)C(=O)O. The number of nitrogens with zero attached hydrogens (tertiary/aromatic N) is 3. The maximum absolute atomic E-state index is 9.10. The minimum absolute atomic E-state index is 0.892. The van der Waals surface area contributed by atoms with Crippen LogP contribution in [0.4, 0.5) is 0 Å². The second-order valence-electron chi connectivity index (χ2n) is 7.59. The molecule has 1 aromatic rings. The first-order valence-corrected chi connectivity index (χ1v) is 9.49. The summed E-state index contributed by atoms with van der Waals surface area (Å²) in [5, 5.41) is 14.8. The van der Waals surface area contributed by atoms with E-state index in [1.165, 1.54) is 51.1 Å². The van der Waals surface area contributed by atoms with Crippen molar-refractivity contribution in [1.82, 2.24) is 14.8 Å². The molecule has 0 spiro atoms. The van der Waals surface area contributed by atoms with Gasteiger partial charge in [-0.25, -0.2) is 9.59 Å². The number of rotatable bonds is 4. The summed E-state index contributed by atoms with van der Waals surface area (Å²) >= 11 is 0. The molecule has 0 amide bonds. The molecule has 1 aromatic heterocycles. The number of fused-ring (bicyclic) bond motifs is 2. The zero-order chi connectivity index (χ0) is 19.2. The Morgan fingerprint density at radius 3 is 2.26 bits per heavy atom. The predicted molar refractivity (Wildman–Crippen MR) is 100 cm³/mol. The number of pyridine rings is 1. The molecule has 2 fully saturated rings. The first-order valence-electron chi connectivity index (χ1n) is 9.49. The van der Waals surface area contributed by atoms with E-state index in [0.29, 0.717) is 0 Å². The van der Waals surface area contributed by atoms with E-state index in [-0.39, 0.29) is 0 Å². The first-order chi connectivity index (χ1) is 13.0. The average Bonchev–Trinajstić information content (AvgIpc) is 3.28. The Hall–Kier alpha value is -2.25. The fourth-order valence-corrected chi connectivity index (χ4v) is 4.32. The summed E-state index contributed by atoms with van der Waals surface area (Å²) in [4.78, 5) is 27.7. The van der Waals surface area contributed by atoms with Crippen LogP contribution in [0.3, 0.4) is 0 Å². The van der Waals surface area contributed by atoms with Crippen molar-refractivity contribution < 1.29 is 19.8 Å². The largest absolute Gasteiger partial charge is 0.473 e. The lowest BCUT2D eigenvalue weighted by Gasteiger charge is -2.36. The van der Waals surface area contributed by atoms with E-state index in [9.17, 15) is 0 Å². The fraction of sp³-hybridized carbons (Fsp3) is 0.550. The lowest BCUT2D eigenvalue weighted by molar-refractivity contribution is -0.159. The molecule has 2 N–H and O–H groups in total. The lowest BCUT2D eigenvalue weighted by Crippen LogP contribution is -2.47. The minimum Gasteiger partial charge on any atom is -0.473 e. The summed E-state index contributed by atoms with van der Waals surface area (Å²) < 4.78 is 0. The number of carboxylic acids is 2. The fourth-order valence-electron chi connectivity index (χ4n) is 4.32. The van der Waals surface area contributed by atoms with Gasteiger partial charge in [0, 0.05) is 51.7 Å². The predicted octanol–water partition coefficient (Wildman–Crippen LogP) is 1.57. The molecular weight excluding hydrogens is 346 g/mol. The van der Waals surface area contributed by atoms with Gasteiger partial charge in [0.05, 0.1) is 0 Å². The van der Waals surface area contributed by atoms with Gasteiger partial charge in [-0.2, -0.15) is 0 Å². The van der Waals surface area contributed by atoms with Gasteiger partial charge in [-0.3, -0.25) is 9.88 Å². The van der Waals surface area contributed by atoms with Crippen LogP contribution in [0.15, 0.2) is 36.7 Å². The van der Waals surface area contributed by atoms with Gasteiger partial charge in [0.15, 0.2) is 0 Å². The summed E-state index contributed by atoms with van der Waals surface area (Å²) in [5.74, 6) is -0.912. The molecule has 7 heteroatoms. The van der Waals surface area contributed by atoms with Crippen molar-refractivity contribution in [2.24, 2.45) is 17.8 Å². The molecule has 3 unspecified atom stereocenters. The normalized spacial score (nSPS) is 27.2. The Morgan fingerprint density at radius 2 is 1.74 bits per heavy atom. The standard InChI is InChI=1S/C18H25N3.C2H2O4/c1-2-16(12-19-5-1)13-20-6-8-21(9-7-20)14-18-11-15-3-4-17(18)10-15;3-1(4)2(5)6/h1-5,12,15,17-18H,6-11,13-14H2;(H,3,4)(H,5,6). The molecule has 2 bridgehead atoms. The van der Waals surface area contributed by atoms with E-state index >= 15 is 0 Å². The smallest absolute Gasteiger partial charge is 0.414 e. The van der Waals surface area contributed by atoms with Crippen LogP contribution < -0.4 is 0 Å². The molecule has 7 nitrogen and oxygen atoms in total. The van der Waals surface area contributed by atoms with E-state index < -0.39 is 11.9 Å². The third-order valence-corrected chi connectivity index (χ3v) is 5.69. The molecule has 2 heterocycles. The molecule has 4 rings (SSSR count). The molecule has 0 aromatic carbocycles. The summed E-state index contributed by atoms with van der Waals surface area (Å²) in [6.45, 7) is 7.25. The highest BCUT2D eigenvalue weighted by molar-refractivity contribution is 6.27. The van der Waals surface area contributed by atoms with Gasteiger partial charge in [0.25, 0.3) is 0 Å². The second kappa shape index (κ2) is 9.10. The minimum atomic E-state index is -1.82. The summed E-state index contributed by atoms with van der Waals surface area (Å²) in [5.41, 5.74) is 1.34. The van der Waals surface area contributed by atoms with Gasteiger partial charge >= 0.3 is 11.9 Å². The van der Waals surface area contributed by atoms with Crippen LogP contribution >= 0.6 is 0 Å². The molecule has 1 saturated heterocycles. The summed E-state index contributed by atoms with van der Waals surface area (Å²) in [6, 6.07) is 4.22. The Labute approximate surface area is 159 Å². The van der Waals surface area contributed by atoms with Crippen molar-refractivity contribution in [3.05, 3.63) is 42.2 Å². The Kier molecular flexibility index (Phi) is 6.58. The quantitative estimate of drug-likeness (QED) is 0.611. The summed E-state index contributed by atoms with van der Waals surface area (Å²) in [7, 11) is 0. The molecule has 3 aliphatic rings. The third-order valence-electron chi connectivity index (χ3n) is 5.69. The maximum atomic E-state index is 9.10. The Bertz CT molecular complexity index is 659. The first kappa shape index (κ1) is 19.5. The van der Waals surface area contributed by atoms with Gasteiger partial charge in [-0.05, 0) is 42.2 Å². The van der Waals surface area contributed by atoms with Gasteiger partial charge in [0.1, 0.15) is 0 Å². The zero-order valence-electron chi connectivity index (χ0n) is 15.4. The van der Waals surface area contributed by atoms with Crippen molar-refractivity contribution in [3.63, 3.8) is 0 Å². The monoisotopic (exact) mass is 373 g/mol. The van der Waals surface area contributed by atoms with Crippen LogP contribution in [0.2, 0.25) is 0 Å². The van der Waals surface area contributed by atoms with Crippen LogP contribution in [-0.2, 0) is 16.1 Å². The van der Waals surface area contributed by atoms with Crippen LogP contribution in [0.5, 0.6) is 0 Å². The number of hydrogen-bond donors (Lipinski definition) is 2. The number of aliphatic carboxylic acids is 2. The molecule has 0 radical (unpaired) electrons. The van der Waals surface area contributed by atoms with Gasteiger partial charge in [-0.1, -0.05) is 18.2 Å². The van der Waals surface area contributed by atoms with Crippen molar-refractivity contribution in [2.45, 2.75) is 19.4 Å². The highest BCUT2D eigenvalue weighted by atomic mass is 16.4. The molecule has 146 valence electrons. The van der Waals surface area contributed by atoms with Gasteiger partial charge < -0.3 is 15.1 Å². The molecular formula is C20H27N3O4. The zero-order valence-corrected chi connectivity index (χ0v) is 15.4. The van der Waals surface area contributed by atoms with Crippen LogP contribution in [-0.4, -0.2) is 69.7 Å². The van der Waals surface area contributed by atoms with Crippen molar-refractivity contribution in [1.29, 1.82) is 0 Å². The van der Waals surface area contributed by atoms with Crippen molar-refractivity contribution in [3.8, 4) is 0 Å². The van der Waals surface area contributed by atoms with Gasteiger partial charge in [-0.15, -0.1) is 0 Å². The van der Waals surface area contributed by atoms with E-state index in [2.05, 4.69) is 33.0 Å². The average molecular weight is 373 g/mol. The number of allylic oxidation sites excluding steroid dienone is 2. The van der Waals surface area contributed by atoms with Crippen LogP contribution in [0.25, 0.3) is 0 Å². The third kappa shape index (κ3) is 5.61. The number of carboxylic acid groups (broad SMARTS) is 2. The molecule has 2 aliphatic carbocycles. The number of piperazine rings is 1.